The molecule has 1 atom stereocenters. The Morgan fingerprint density at radius 2 is 1.74 bits per heavy atom. The molecule has 2 aromatic rings. The Labute approximate surface area is 136 Å². The van der Waals surface area contributed by atoms with Gasteiger partial charge in [0.05, 0.1) is 5.92 Å². The van der Waals surface area contributed by atoms with E-state index in [0.717, 1.165) is 16.7 Å². The number of hydrogen-bond acceptors (Lipinski definition) is 2. The highest BCUT2D eigenvalue weighted by Gasteiger charge is 2.12. The van der Waals surface area contributed by atoms with Crippen molar-refractivity contribution in [2.75, 3.05) is 5.32 Å². The molecule has 4 nitrogen and oxygen atoms in total. The number of aryl methyl sites for hydroxylation is 2. The fraction of sp³-hybridized carbons (Fsp3) is 0.263. The molecule has 2 N–H and O–H groups in total. The standard InChI is InChI=1S/C19H21NO3/c1-12-4-5-13(2)17(10-12)18(21)20-16-8-6-15(7-9-16)11-14(3)19(22)23/h4-10,14H,11H2,1-3H3,(H,20,21)(H,22,23). The highest BCUT2D eigenvalue weighted by atomic mass is 16.4. The SMILES string of the molecule is Cc1ccc(C)c(C(=O)Nc2ccc(CC(C)C(=O)O)cc2)c1. The first-order valence-electron chi connectivity index (χ1n) is 7.57. The molecule has 0 radical (unpaired) electrons. The quantitative estimate of drug-likeness (QED) is 0.882. The molecule has 4 heteroatoms. The van der Waals surface area contributed by atoms with Gasteiger partial charge in [-0.25, -0.2) is 0 Å². The second-order valence-corrected chi connectivity index (χ2v) is 5.91. The average molecular weight is 311 g/mol. The molecule has 0 aliphatic rings. The molecule has 1 amide bonds. The van der Waals surface area contributed by atoms with E-state index in [9.17, 15) is 9.59 Å². The van der Waals surface area contributed by atoms with Crippen molar-refractivity contribution in [3.63, 3.8) is 0 Å². The summed E-state index contributed by atoms with van der Waals surface area (Å²) in [6.45, 7) is 5.54. The van der Waals surface area contributed by atoms with Crippen molar-refractivity contribution in [3.8, 4) is 0 Å². The van der Waals surface area contributed by atoms with E-state index < -0.39 is 11.9 Å². The number of anilines is 1. The van der Waals surface area contributed by atoms with E-state index in [4.69, 9.17) is 5.11 Å². The molecule has 23 heavy (non-hydrogen) atoms. The van der Waals surface area contributed by atoms with Gasteiger partial charge in [-0.2, -0.15) is 0 Å². The summed E-state index contributed by atoms with van der Waals surface area (Å²) in [5.74, 6) is -1.37. The minimum atomic E-state index is -0.808. The van der Waals surface area contributed by atoms with Gasteiger partial charge in [0.25, 0.3) is 5.91 Å². The van der Waals surface area contributed by atoms with Crippen LogP contribution in [0.3, 0.4) is 0 Å². The largest absolute Gasteiger partial charge is 0.481 e. The maximum absolute atomic E-state index is 12.4. The molecule has 0 spiro atoms. The Bertz CT molecular complexity index is 720. The molecule has 0 fully saturated rings. The second kappa shape index (κ2) is 7.09. The predicted molar refractivity (Wildman–Crippen MR) is 90.8 cm³/mol. The van der Waals surface area contributed by atoms with Crippen molar-refractivity contribution in [3.05, 3.63) is 64.7 Å². The van der Waals surface area contributed by atoms with E-state index >= 15 is 0 Å². The van der Waals surface area contributed by atoms with Gasteiger partial charge in [0.1, 0.15) is 0 Å². The number of amides is 1. The average Bonchev–Trinajstić information content (AvgIpc) is 2.51. The number of rotatable bonds is 5. The van der Waals surface area contributed by atoms with Gasteiger partial charge in [-0.3, -0.25) is 9.59 Å². The van der Waals surface area contributed by atoms with Crippen LogP contribution in [0.15, 0.2) is 42.5 Å². The number of carbonyl (C=O) groups is 2. The van der Waals surface area contributed by atoms with E-state index in [1.165, 1.54) is 0 Å². The number of nitrogens with one attached hydrogen (secondary N) is 1. The summed E-state index contributed by atoms with van der Waals surface area (Å²) in [5, 5.41) is 11.8. The fourth-order valence-electron chi connectivity index (χ4n) is 2.34. The summed E-state index contributed by atoms with van der Waals surface area (Å²) in [5.41, 5.74) is 4.26. The van der Waals surface area contributed by atoms with Crippen LogP contribution in [0.4, 0.5) is 5.69 Å². The first-order chi connectivity index (χ1) is 10.9. The number of carboxylic acid groups (broad SMARTS) is 1. The number of benzene rings is 2. The molecule has 0 bridgehead atoms. The lowest BCUT2D eigenvalue weighted by Crippen LogP contribution is -2.14. The number of aliphatic carboxylic acids is 1. The molecule has 0 saturated carbocycles. The lowest BCUT2D eigenvalue weighted by Gasteiger charge is -2.10. The maximum atomic E-state index is 12.4. The molecule has 2 aromatic carbocycles. The summed E-state index contributed by atoms with van der Waals surface area (Å²) in [4.78, 5) is 23.2. The van der Waals surface area contributed by atoms with E-state index in [1.807, 2.05) is 44.2 Å². The van der Waals surface area contributed by atoms with E-state index in [2.05, 4.69) is 5.32 Å². The zero-order valence-electron chi connectivity index (χ0n) is 13.6. The van der Waals surface area contributed by atoms with E-state index in [1.54, 1.807) is 19.1 Å². The van der Waals surface area contributed by atoms with Gasteiger partial charge in [-0.05, 0) is 49.6 Å². The lowest BCUT2D eigenvalue weighted by atomic mass is 10.0. The van der Waals surface area contributed by atoms with Gasteiger partial charge in [0.2, 0.25) is 0 Å². The van der Waals surface area contributed by atoms with Gasteiger partial charge in [-0.1, -0.05) is 36.8 Å². The molecule has 0 heterocycles. The zero-order chi connectivity index (χ0) is 17.0. The summed E-state index contributed by atoms with van der Waals surface area (Å²) in [7, 11) is 0. The second-order valence-electron chi connectivity index (χ2n) is 5.91. The third-order valence-electron chi connectivity index (χ3n) is 3.81. The number of hydrogen-bond donors (Lipinski definition) is 2. The molecule has 0 aliphatic heterocycles. The van der Waals surface area contributed by atoms with Crippen LogP contribution < -0.4 is 5.32 Å². The lowest BCUT2D eigenvalue weighted by molar-refractivity contribution is -0.141. The highest BCUT2D eigenvalue weighted by molar-refractivity contribution is 6.05. The summed E-state index contributed by atoms with van der Waals surface area (Å²) >= 11 is 0. The molecular weight excluding hydrogens is 290 g/mol. The Morgan fingerprint density at radius 1 is 1.09 bits per heavy atom. The number of carboxylic acids is 1. The minimum Gasteiger partial charge on any atom is -0.481 e. The van der Waals surface area contributed by atoms with E-state index in [0.29, 0.717) is 17.7 Å². The van der Waals surface area contributed by atoms with Gasteiger partial charge >= 0.3 is 5.97 Å². The summed E-state index contributed by atoms with van der Waals surface area (Å²) in [6, 6.07) is 13.1. The first kappa shape index (κ1) is 16.7. The molecule has 0 aromatic heterocycles. The summed E-state index contributed by atoms with van der Waals surface area (Å²) < 4.78 is 0. The van der Waals surface area contributed by atoms with Gasteiger partial charge < -0.3 is 10.4 Å². The van der Waals surface area contributed by atoms with Crippen molar-refractivity contribution >= 4 is 17.6 Å². The van der Waals surface area contributed by atoms with Crippen LogP contribution >= 0.6 is 0 Å². The molecule has 0 aliphatic carbocycles. The van der Waals surface area contributed by atoms with Crippen LogP contribution in [-0.4, -0.2) is 17.0 Å². The van der Waals surface area contributed by atoms with Crippen LogP contribution in [0.25, 0.3) is 0 Å². The van der Waals surface area contributed by atoms with Crippen LogP contribution in [0, 0.1) is 19.8 Å². The Balaban J connectivity index is 2.07. The molecule has 1 unspecified atom stereocenters. The minimum absolute atomic E-state index is 0.141. The van der Waals surface area contributed by atoms with Gasteiger partial charge in [0, 0.05) is 11.3 Å². The van der Waals surface area contributed by atoms with Crippen LogP contribution in [0.1, 0.15) is 34.0 Å². The third kappa shape index (κ3) is 4.42. The van der Waals surface area contributed by atoms with Crippen LogP contribution in [0.2, 0.25) is 0 Å². The molecule has 120 valence electrons. The van der Waals surface area contributed by atoms with Crippen molar-refractivity contribution < 1.29 is 14.7 Å². The molecule has 2 rings (SSSR count). The van der Waals surface area contributed by atoms with Crippen molar-refractivity contribution in [1.82, 2.24) is 0 Å². The Kier molecular flexibility index (Phi) is 5.16. The van der Waals surface area contributed by atoms with Crippen molar-refractivity contribution in [2.45, 2.75) is 27.2 Å². The molecular formula is C19H21NO3. The number of carbonyl (C=O) groups excluding carboxylic acids is 1. The predicted octanol–water partition coefficient (Wildman–Crippen LogP) is 3.82. The smallest absolute Gasteiger partial charge is 0.306 e. The zero-order valence-corrected chi connectivity index (χ0v) is 13.6. The van der Waals surface area contributed by atoms with Gasteiger partial charge in [0.15, 0.2) is 0 Å². The van der Waals surface area contributed by atoms with Crippen LogP contribution in [-0.2, 0) is 11.2 Å². The Hall–Kier alpha value is -2.62. The van der Waals surface area contributed by atoms with Gasteiger partial charge in [-0.15, -0.1) is 0 Å². The topological polar surface area (TPSA) is 66.4 Å². The summed E-state index contributed by atoms with van der Waals surface area (Å²) in [6.07, 6.45) is 0.473. The van der Waals surface area contributed by atoms with E-state index in [-0.39, 0.29) is 5.91 Å². The third-order valence-corrected chi connectivity index (χ3v) is 3.81. The van der Waals surface area contributed by atoms with Crippen molar-refractivity contribution in [1.29, 1.82) is 0 Å². The normalized spacial score (nSPS) is 11.8. The van der Waals surface area contributed by atoms with Crippen molar-refractivity contribution in [2.24, 2.45) is 5.92 Å². The Morgan fingerprint density at radius 3 is 2.35 bits per heavy atom. The molecule has 0 saturated heterocycles. The first-order valence-corrected chi connectivity index (χ1v) is 7.57. The fourth-order valence-corrected chi connectivity index (χ4v) is 2.34. The monoisotopic (exact) mass is 311 g/mol. The maximum Gasteiger partial charge on any atom is 0.306 e. The van der Waals surface area contributed by atoms with Crippen LogP contribution in [0.5, 0.6) is 0 Å². The highest BCUT2D eigenvalue weighted by Crippen LogP contribution is 2.16.